The standard InChI is InChI=1S/C15H16N2O3/c18-14(19)10-16-9-13(12-4-2-1-3-5-12)17(15(16)20)8-11-6-7-11/h1-5,9,11H,6-8,10H2,(H,18,19). The smallest absolute Gasteiger partial charge is 0.329 e. The molecule has 0 aliphatic heterocycles. The first kappa shape index (κ1) is 12.7. The predicted molar refractivity (Wildman–Crippen MR) is 74.5 cm³/mol. The van der Waals surface area contributed by atoms with Crippen molar-refractivity contribution in [2.75, 3.05) is 0 Å². The van der Waals surface area contributed by atoms with Crippen LogP contribution in [-0.2, 0) is 17.9 Å². The average Bonchev–Trinajstić information content (AvgIpc) is 3.20. The first-order valence-electron chi connectivity index (χ1n) is 6.72. The SMILES string of the molecule is O=C(O)Cn1cc(-c2ccccc2)n(CC2CC2)c1=O. The summed E-state index contributed by atoms with van der Waals surface area (Å²) in [4.78, 5) is 23.2. The van der Waals surface area contributed by atoms with Gasteiger partial charge in [0.1, 0.15) is 6.54 Å². The number of carboxylic acid groups (broad SMARTS) is 1. The van der Waals surface area contributed by atoms with Gasteiger partial charge in [-0.25, -0.2) is 4.79 Å². The van der Waals surface area contributed by atoms with Crippen LogP contribution in [0.3, 0.4) is 0 Å². The molecule has 1 aromatic carbocycles. The molecule has 0 radical (unpaired) electrons. The highest BCUT2D eigenvalue weighted by Crippen LogP contribution is 2.31. The Morgan fingerprint density at radius 3 is 2.55 bits per heavy atom. The molecule has 0 unspecified atom stereocenters. The number of rotatable bonds is 5. The molecule has 0 saturated heterocycles. The molecule has 0 amide bonds. The first-order chi connectivity index (χ1) is 9.65. The zero-order valence-corrected chi connectivity index (χ0v) is 11.0. The van der Waals surface area contributed by atoms with Crippen LogP contribution in [0.4, 0.5) is 0 Å². The topological polar surface area (TPSA) is 64.2 Å². The van der Waals surface area contributed by atoms with Crippen molar-refractivity contribution >= 4 is 5.97 Å². The molecule has 2 aromatic rings. The van der Waals surface area contributed by atoms with Gasteiger partial charge in [0.15, 0.2) is 0 Å². The fourth-order valence-corrected chi connectivity index (χ4v) is 2.36. The van der Waals surface area contributed by atoms with Crippen LogP contribution in [0.5, 0.6) is 0 Å². The van der Waals surface area contributed by atoms with Crippen LogP contribution in [0.2, 0.25) is 0 Å². The van der Waals surface area contributed by atoms with E-state index in [0.717, 1.165) is 24.1 Å². The molecule has 1 heterocycles. The van der Waals surface area contributed by atoms with Crippen LogP contribution in [0, 0.1) is 5.92 Å². The Morgan fingerprint density at radius 2 is 1.95 bits per heavy atom. The minimum Gasteiger partial charge on any atom is -0.480 e. The quantitative estimate of drug-likeness (QED) is 0.902. The minimum atomic E-state index is -1.00. The zero-order valence-electron chi connectivity index (χ0n) is 11.0. The molecule has 0 atom stereocenters. The van der Waals surface area contributed by atoms with Gasteiger partial charge in [0.2, 0.25) is 0 Å². The summed E-state index contributed by atoms with van der Waals surface area (Å²) >= 11 is 0. The van der Waals surface area contributed by atoms with Crippen molar-refractivity contribution in [3.63, 3.8) is 0 Å². The fraction of sp³-hybridized carbons (Fsp3) is 0.333. The van der Waals surface area contributed by atoms with Crippen molar-refractivity contribution in [2.24, 2.45) is 5.92 Å². The maximum absolute atomic E-state index is 12.3. The molecule has 5 heteroatoms. The lowest BCUT2D eigenvalue weighted by Gasteiger charge is -2.05. The Balaban J connectivity index is 2.06. The normalized spacial score (nSPS) is 14.4. The van der Waals surface area contributed by atoms with Crippen LogP contribution in [0.1, 0.15) is 12.8 Å². The summed E-state index contributed by atoms with van der Waals surface area (Å²) in [6.07, 6.45) is 3.93. The molecular weight excluding hydrogens is 256 g/mol. The van der Waals surface area contributed by atoms with E-state index in [4.69, 9.17) is 5.11 Å². The van der Waals surface area contributed by atoms with Crippen LogP contribution in [-0.4, -0.2) is 20.2 Å². The Labute approximate surface area is 116 Å². The lowest BCUT2D eigenvalue weighted by Crippen LogP contribution is -2.27. The van der Waals surface area contributed by atoms with Gasteiger partial charge in [-0.15, -0.1) is 0 Å². The third-order valence-corrected chi connectivity index (χ3v) is 3.56. The van der Waals surface area contributed by atoms with Gasteiger partial charge in [-0.1, -0.05) is 30.3 Å². The maximum atomic E-state index is 12.3. The first-order valence-corrected chi connectivity index (χ1v) is 6.72. The lowest BCUT2D eigenvalue weighted by atomic mass is 10.1. The van der Waals surface area contributed by atoms with Gasteiger partial charge in [-0.2, -0.15) is 0 Å². The van der Waals surface area contributed by atoms with E-state index in [9.17, 15) is 9.59 Å². The monoisotopic (exact) mass is 272 g/mol. The van der Waals surface area contributed by atoms with Gasteiger partial charge in [-0.05, 0) is 24.3 Å². The predicted octanol–water partition coefficient (Wildman–Crippen LogP) is 1.81. The molecule has 0 spiro atoms. The summed E-state index contributed by atoms with van der Waals surface area (Å²) in [6.45, 7) is 0.381. The molecule has 1 saturated carbocycles. The van der Waals surface area contributed by atoms with Crippen molar-refractivity contribution in [1.82, 2.24) is 9.13 Å². The third kappa shape index (κ3) is 2.52. The van der Waals surface area contributed by atoms with E-state index < -0.39 is 5.97 Å². The summed E-state index contributed by atoms with van der Waals surface area (Å²) < 4.78 is 2.98. The lowest BCUT2D eigenvalue weighted by molar-refractivity contribution is -0.137. The second kappa shape index (κ2) is 5.00. The van der Waals surface area contributed by atoms with E-state index in [2.05, 4.69) is 0 Å². The minimum absolute atomic E-state index is 0.238. The van der Waals surface area contributed by atoms with E-state index in [1.165, 1.54) is 4.57 Å². The Bertz CT molecular complexity index is 681. The van der Waals surface area contributed by atoms with Crippen molar-refractivity contribution in [3.05, 3.63) is 47.0 Å². The summed E-state index contributed by atoms with van der Waals surface area (Å²) in [7, 11) is 0. The fourth-order valence-electron chi connectivity index (χ4n) is 2.36. The molecule has 1 fully saturated rings. The van der Waals surface area contributed by atoms with Crippen LogP contribution < -0.4 is 5.69 Å². The van der Waals surface area contributed by atoms with Crippen molar-refractivity contribution in [1.29, 1.82) is 0 Å². The highest BCUT2D eigenvalue weighted by atomic mass is 16.4. The number of aliphatic carboxylic acids is 1. The molecule has 0 bridgehead atoms. The molecule has 1 aliphatic rings. The summed E-state index contributed by atoms with van der Waals surface area (Å²) in [5.41, 5.74) is 1.50. The summed E-state index contributed by atoms with van der Waals surface area (Å²) in [5.74, 6) is -0.453. The van der Waals surface area contributed by atoms with Gasteiger partial charge < -0.3 is 5.11 Å². The molecular formula is C15H16N2O3. The van der Waals surface area contributed by atoms with E-state index in [0.29, 0.717) is 12.5 Å². The van der Waals surface area contributed by atoms with E-state index in [-0.39, 0.29) is 12.2 Å². The number of imidazole rings is 1. The van der Waals surface area contributed by atoms with Gasteiger partial charge in [0.25, 0.3) is 0 Å². The Kier molecular flexibility index (Phi) is 3.18. The number of nitrogens with zero attached hydrogens (tertiary/aromatic N) is 2. The molecule has 104 valence electrons. The molecule has 5 nitrogen and oxygen atoms in total. The number of aromatic nitrogens is 2. The van der Waals surface area contributed by atoms with Crippen molar-refractivity contribution < 1.29 is 9.90 Å². The van der Waals surface area contributed by atoms with Crippen molar-refractivity contribution in [3.8, 4) is 11.3 Å². The van der Waals surface area contributed by atoms with E-state index in [1.54, 1.807) is 10.8 Å². The molecule has 1 N–H and O–H groups in total. The highest BCUT2D eigenvalue weighted by Gasteiger charge is 2.25. The largest absolute Gasteiger partial charge is 0.480 e. The van der Waals surface area contributed by atoms with Crippen LogP contribution >= 0.6 is 0 Å². The molecule has 20 heavy (non-hydrogen) atoms. The van der Waals surface area contributed by atoms with E-state index in [1.807, 2.05) is 30.3 Å². The molecule has 3 rings (SSSR count). The van der Waals surface area contributed by atoms with Gasteiger partial charge >= 0.3 is 11.7 Å². The Morgan fingerprint density at radius 1 is 1.25 bits per heavy atom. The summed E-state index contributed by atoms with van der Waals surface area (Å²) in [5, 5.41) is 8.89. The Hall–Kier alpha value is -2.30. The molecule has 1 aromatic heterocycles. The number of benzene rings is 1. The van der Waals surface area contributed by atoms with Gasteiger partial charge in [-0.3, -0.25) is 13.9 Å². The zero-order chi connectivity index (χ0) is 14.1. The number of hydrogen-bond donors (Lipinski definition) is 1. The second-order valence-electron chi connectivity index (χ2n) is 5.24. The van der Waals surface area contributed by atoms with Crippen molar-refractivity contribution in [2.45, 2.75) is 25.9 Å². The van der Waals surface area contributed by atoms with Crippen LogP contribution in [0.15, 0.2) is 41.3 Å². The number of hydrogen-bond acceptors (Lipinski definition) is 2. The maximum Gasteiger partial charge on any atom is 0.329 e. The number of carboxylic acids is 1. The van der Waals surface area contributed by atoms with Gasteiger partial charge in [0, 0.05) is 12.7 Å². The number of carbonyl (C=O) groups is 1. The van der Waals surface area contributed by atoms with Gasteiger partial charge in [0.05, 0.1) is 5.69 Å². The average molecular weight is 272 g/mol. The highest BCUT2D eigenvalue weighted by molar-refractivity contribution is 5.67. The summed E-state index contributed by atoms with van der Waals surface area (Å²) in [6, 6.07) is 9.61. The third-order valence-electron chi connectivity index (χ3n) is 3.56. The second-order valence-corrected chi connectivity index (χ2v) is 5.24. The molecule has 1 aliphatic carbocycles. The van der Waals surface area contributed by atoms with E-state index >= 15 is 0 Å². The van der Waals surface area contributed by atoms with Crippen LogP contribution in [0.25, 0.3) is 11.3 Å².